The molecule has 1 aliphatic rings. The lowest BCUT2D eigenvalue weighted by Gasteiger charge is -2.15. The van der Waals surface area contributed by atoms with Gasteiger partial charge in [0.05, 0.1) is 11.3 Å². The fraction of sp³-hybridized carbons (Fsp3) is 0.150. The van der Waals surface area contributed by atoms with E-state index in [9.17, 15) is 9.59 Å². The summed E-state index contributed by atoms with van der Waals surface area (Å²) in [5.41, 5.74) is 3.16. The summed E-state index contributed by atoms with van der Waals surface area (Å²) in [7, 11) is 0. The van der Waals surface area contributed by atoms with Crippen LogP contribution in [0.25, 0.3) is 6.08 Å². The minimum absolute atomic E-state index is 0.195. The van der Waals surface area contributed by atoms with E-state index in [0.717, 1.165) is 0 Å². The molecule has 26 heavy (non-hydrogen) atoms. The Morgan fingerprint density at radius 3 is 2.27 bits per heavy atom. The number of thiocarbonyl (C=S) groups is 1. The highest BCUT2D eigenvalue weighted by atomic mass is 32.1. The highest BCUT2D eigenvalue weighted by Crippen LogP contribution is 2.25. The molecule has 0 bridgehead atoms. The Hall–Kier alpha value is -2.99. The average molecular weight is 366 g/mol. The van der Waals surface area contributed by atoms with Gasteiger partial charge in [-0.2, -0.15) is 0 Å². The topological polar surface area (TPSA) is 69.6 Å². The lowest BCUT2D eigenvalue weighted by Crippen LogP contribution is -2.30. The molecule has 5 nitrogen and oxygen atoms in total. The number of nitrogens with zero attached hydrogens (tertiary/aromatic N) is 1. The molecule has 1 heterocycles. The molecule has 0 aliphatic carbocycles. The number of nitrogens with one attached hydrogen (secondary N) is 1. The largest absolute Gasteiger partial charge is 0.478 e. The van der Waals surface area contributed by atoms with E-state index in [1.165, 1.54) is 22.6 Å². The molecule has 3 rings (SSSR count). The molecule has 0 saturated carbocycles. The van der Waals surface area contributed by atoms with E-state index in [-0.39, 0.29) is 11.5 Å². The molecule has 0 spiro atoms. The van der Waals surface area contributed by atoms with Gasteiger partial charge in [-0.1, -0.05) is 38.1 Å². The SMILES string of the molecule is CC(C)c1ccc(N2C(=O)/C(=C\c3ccc(C(=O)O)cc3)NC2=S)cc1. The van der Waals surface area contributed by atoms with Crippen LogP contribution < -0.4 is 10.2 Å². The van der Waals surface area contributed by atoms with Crippen molar-refractivity contribution in [2.24, 2.45) is 0 Å². The molecule has 0 atom stereocenters. The molecule has 1 saturated heterocycles. The summed E-state index contributed by atoms with van der Waals surface area (Å²) in [4.78, 5) is 25.1. The zero-order valence-corrected chi connectivity index (χ0v) is 15.2. The molecule has 1 fully saturated rings. The minimum atomic E-state index is -0.989. The van der Waals surface area contributed by atoms with Gasteiger partial charge in [0, 0.05) is 0 Å². The number of hydrogen-bond acceptors (Lipinski definition) is 3. The van der Waals surface area contributed by atoms with Gasteiger partial charge in [-0.05, 0) is 59.6 Å². The third-order valence-electron chi connectivity index (χ3n) is 4.16. The van der Waals surface area contributed by atoms with E-state index in [1.807, 2.05) is 24.3 Å². The Labute approximate surface area is 156 Å². The summed E-state index contributed by atoms with van der Waals surface area (Å²) < 4.78 is 0. The summed E-state index contributed by atoms with van der Waals surface area (Å²) in [6.07, 6.45) is 1.66. The first-order valence-electron chi connectivity index (χ1n) is 8.17. The number of anilines is 1. The van der Waals surface area contributed by atoms with Crippen molar-refractivity contribution in [3.05, 3.63) is 70.9 Å². The number of benzene rings is 2. The first-order valence-corrected chi connectivity index (χ1v) is 8.58. The summed E-state index contributed by atoms with van der Waals surface area (Å²) in [6, 6.07) is 14.0. The zero-order chi connectivity index (χ0) is 18.8. The first kappa shape index (κ1) is 17.8. The molecule has 0 unspecified atom stereocenters. The van der Waals surface area contributed by atoms with Gasteiger partial charge < -0.3 is 10.4 Å². The fourth-order valence-electron chi connectivity index (χ4n) is 2.67. The van der Waals surface area contributed by atoms with Crippen LogP contribution in [0.3, 0.4) is 0 Å². The van der Waals surface area contributed by atoms with Gasteiger partial charge in [0.2, 0.25) is 0 Å². The van der Waals surface area contributed by atoms with E-state index in [0.29, 0.717) is 28.0 Å². The van der Waals surface area contributed by atoms with Crippen LogP contribution in [-0.4, -0.2) is 22.1 Å². The van der Waals surface area contributed by atoms with Crippen molar-refractivity contribution in [1.29, 1.82) is 0 Å². The highest BCUT2D eigenvalue weighted by molar-refractivity contribution is 7.80. The van der Waals surface area contributed by atoms with Crippen LogP contribution in [0.2, 0.25) is 0 Å². The number of carboxylic acids is 1. The molecule has 132 valence electrons. The van der Waals surface area contributed by atoms with Crippen LogP contribution in [0, 0.1) is 0 Å². The third kappa shape index (κ3) is 3.50. The van der Waals surface area contributed by atoms with Gasteiger partial charge in [-0.15, -0.1) is 0 Å². The van der Waals surface area contributed by atoms with Gasteiger partial charge in [0.15, 0.2) is 5.11 Å². The maximum Gasteiger partial charge on any atom is 0.335 e. The maximum absolute atomic E-state index is 12.7. The van der Waals surface area contributed by atoms with E-state index in [4.69, 9.17) is 17.3 Å². The van der Waals surface area contributed by atoms with Gasteiger partial charge in [0.25, 0.3) is 5.91 Å². The predicted octanol–water partition coefficient (Wildman–Crippen LogP) is 3.77. The Morgan fingerprint density at radius 1 is 1.12 bits per heavy atom. The summed E-state index contributed by atoms with van der Waals surface area (Å²) in [5, 5.41) is 12.2. The Balaban J connectivity index is 1.85. The molecule has 2 N–H and O–H groups in total. The van der Waals surface area contributed by atoms with Crippen molar-refractivity contribution in [2.75, 3.05) is 4.90 Å². The van der Waals surface area contributed by atoms with Crippen molar-refractivity contribution in [1.82, 2.24) is 5.32 Å². The fourth-order valence-corrected chi connectivity index (χ4v) is 2.96. The molecular formula is C20H18N2O3S. The monoisotopic (exact) mass is 366 g/mol. The number of carboxylic acid groups (broad SMARTS) is 1. The van der Waals surface area contributed by atoms with Gasteiger partial charge in [-0.25, -0.2) is 4.79 Å². The molecule has 1 amide bonds. The highest BCUT2D eigenvalue weighted by Gasteiger charge is 2.31. The van der Waals surface area contributed by atoms with Crippen LogP contribution in [0.1, 0.15) is 41.3 Å². The minimum Gasteiger partial charge on any atom is -0.478 e. The van der Waals surface area contributed by atoms with Gasteiger partial charge in [0.1, 0.15) is 5.70 Å². The molecule has 2 aromatic rings. The number of hydrogen-bond donors (Lipinski definition) is 2. The normalized spacial score (nSPS) is 15.7. The van der Waals surface area contributed by atoms with Crippen LogP contribution in [-0.2, 0) is 4.79 Å². The third-order valence-corrected chi connectivity index (χ3v) is 4.45. The lowest BCUT2D eigenvalue weighted by molar-refractivity contribution is -0.113. The zero-order valence-electron chi connectivity index (χ0n) is 14.4. The Kier molecular flexibility index (Phi) is 4.86. The molecule has 0 radical (unpaired) electrons. The maximum atomic E-state index is 12.7. The van der Waals surface area contributed by atoms with Crippen molar-refractivity contribution in [2.45, 2.75) is 19.8 Å². The molecule has 0 aromatic heterocycles. The Bertz CT molecular complexity index is 900. The van der Waals surface area contributed by atoms with Crippen LogP contribution in [0.5, 0.6) is 0 Å². The molecule has 1 aliphatic heterocycles. The smallest absolute Gasteiger partial charge is 0.335 e. The average Bonchev–Trinajstić information content (AvgIpc) is 2.89. The van der Waals surface area contributed by atoms with Crippen LogP contribution >= 0.6 is 12.2 Å². The number of carbonyl (C=O) groups is 2. The molecule has 2 aromatic carbocycles. The predicted molar refractivity (Wildman–Crippen MR) is 105 cm³/mol. The second-order valence-electron chi connectivity index (χ2n) is 6.30. The van der Waals surface area contributed by atoms with Crippen molar-refractivity contribution < 1.29 is 14.7 Å². The quantitative estimate of drug-likeness (QED) is 0.637. The molecular weight excluding hydrogens is 348 g/mol. The van der Waals surface area contributed by atoms with Crippen LogP contribution in [0.4, 0.5) is 5.69 Å². The van der Waals surface area contributed by atoms with Gasteiger partial charge >= 0.3 is 5.97 Å². The summed E-state index contributed by atoms with van der Waals surface area (Å²) in [6.45, 7) is 4.22. The van der Waals surface area contributed by atoms with E-state index in [1.54, 1.807) is 18.2 Å². The van der Waals surface area contributed by atoms with Crippen LogP contribution in [0.15, 0.2) is 54.2 Å². The number of carbonyl (C=O) groups excluding carboxylic acids is 1. The summed E-state index contributed by atoms with van der Waals surface area (Å²) in [5.74, 6) is -0.821. The lowest BCUT2D eigenvalue weighted by atomic mass is 10.0. The number of rotatable bonds is 4. The summed E-state index contributed by atoms with van der Waals surface area (Å²) >= 11 is 5.31. The van der Waals surface area contributed by atoms with Gasteiger partial charge in [-0.3, -0.25) is 9.69 Å². The van der Waals surface area contributed by atoms with E-state index in [2.05, 4.69) is 19.2 Å². The Morgan fingerprint density at radius 2 is 1.73 bits per heavy atom. The number of amides is 1. The van der Waals surface area contributed by atoms with E-state index < -0.39 is 5.97 Å². The van der Waals surface area contributed by atoms with Crippen molar-refractivity contribution in [3.8, 4) is 0 Å². The van der Waals surface area contributed by atoms with E-state index >= 15 is 0 Å². The first-order chi connectivity index (χ1) is 12.4. The second-order valence-corrected chi connectivity index (χ2v) is 6.69. The standard InChI is InChI=1S/C20H18N2O3S/c1-12(2)14-7-9-16(10-8-14)22-18(23)17(21-20(22)26)11-13-3-5-15(6-4-13)19(24)25/h3-12H,1-2H3,(H,21,26)(H,24,25)/b17-11+. The van der Waals surface area contributed by atoms with Crippen molar-refractivity contribution in [3.63, 3.8) is 0 Å². The van der Waals surface area contributed by atoms with Crippen molar-refractivity contribution >= 4 is 41.0 Å². The second kappa shape index (κ2) is 7.09. The molecule has 6 heteroatoms. The number of aromatic carboxylic acids is 1.